The van der Waals surface area contributed by atoms with E-state index in [1.165, 1.54) is 11.3 Å². The van der Waals surface area contributed by atoms with Crippen molar-refractivity contribution in [2.24, 2.45) is 0 Å². The lowest BCUT2D eigenvalue weighted by molar-refractivity contribution is -0.121. The minimum Gasteiger partial charge on any atom is -0.351 e. The number of carbonyl (C=O) groups is 1. The van der Waals surface area contributed by atoms with Crippen LogP contribution in [-0.4, -0.2) is 37.3 Å². The largest absolute Gasteiger partial charge is 0.351 e. The molecular weight excluding hydrogens is 320 g/mol. The maximum absolute atomic E-state index is 12.6. The zero-order valence-electron chi connectivity index (χ0n) is 13.4. The normalized spacial score (nSPS) is 17.4. The van der Waals surface area contributed by atoms with E-state index in [1.54, 1.807) is 16.4 Å². The molecule has 1 saturated heterocycles. The van der Waals surface area contributed by atoms with E-state index in [0.29, 0.717) is 17.3 Å². The molecule has 1 amide bonds. The second-order valence-corrected chi connectivity index (χ2v) is 9.99. The Kier molecular flexibility index (Phi) is 5.29. The number of piperidine rings is 1. The second-order valence-electron chi connectivity index (χ2n) is 6.66. The van der Waals surface area contributed by atoms with Gasteiger partial charge < -0.3 is 5.32 Å². The molecule has 2 rings (SSSR count). The summed E-state index contributed by atoms with van der Waals surface area (Å²) in [6.07, 6.45) is 3.16. The predicted molar refractivity (Wildman–Crippen MR) is 88.5 cm³/mol. The number of sulfonamides is 1. The molecule has 0 aromatic carbocycles. The number of hydrogen-bond donors (Lipinski definition) is 1. The van der Waals surface area contributed by atoms with Crippen LogP contribution in [0.25, 0.3) is 0 Å². The average Bonchev–Trinajstić information content (AvgIpc) is 2.86. The highest BCUT2D eigenvalue weighted by molar-refractivity contribution is 7.91. The van der Waals surface area contributed by atoms with Crippen molar-refractivity contribution in [1.82, 2.24) is 9.62 Å². The second kappa shape index (κ2) is 6.68. The minimum absolute atomic E-state index is 0.0868. The Balaban J connectivity index is 2.06. The van der Waals surface area contributed by atoms with Crippen molar-refractivity contribution in [1.29, 1.82) is 0 Å². The molecule has 22 heavy (non-hydrogen) atoms. The summed E-state index contributed by atoms with van der Waals surface area (Å²) in [5.74, 6) is -0.0868. The third-order valence-electron chi connectivity index (χ3n) is 3.40. The Morgan fingerprint density at radius 3 is 2.45 bits per heavy atom. The molecule has 0 radical (unpaired) electrons. The molecule has 5 nitrogen and oxygen atoms in total. The SMILES string of the molecule is CC(C)(C)NC(=O)Cc1ccc(S(=O)(=O)N2CCCCC2)s1. The molecule has 0 bridgehead atoms. The van der Waals surface area contributed by atoms with E-state index in [2.05, 4.69) is 5.32 Å². The number of rotatable bonds is 4. The van der Waals surface area contributed by atoms with Gasteiger partial charge in [-0.1, -0.05) is 6.42 Å². The standard InChI is InChI=1S/C15H24N2O3S2/c1-15(2,3)16-13(18)11-12-7-8-14(21-12)22(19,20)17-9-5-4-6-10-17/h7-8H,4-6,9-11H2,1-3H3,(H,16,18). The molecule has 1 aliphatic rings. The summed E-state index contributed by atoms with van der Waals surface area (Å²) in [6, 6.07) is 3.36. The molecule has 124 valence electrons. The summed E-state index contributed by atoms with van der Waals surface area (Å²) in [5.41, 5.74) is -0.281. The fourth-order valence-electron chi connectivity index (χ4n) is 2.45. The molecule has 1 N–H and O–H groups in total. The van der Waals surface area contributed by atoms with E-state index in [9.17, 15) is 13.2 Å². The monoisotopic (exact) mass is 344 g/mol. The van der Waals surface area contributed by atoms with E-state index >= 15 is 0 Å². The van der Waals surface area contributed by atoms with Crippen molar-refractivity contribution in [3.63, 3.8) is 0 Å². The summed E-state index contributed by atoms with van der Waals surface area (Å²) in [7, 11) is -3.39. The van der Waals surface area contributed by atoms with Crippen LogP contribution in [0.15, 0.2) is 16.3 Å². The molecule has 0 spiro atoms. The highest BCUT2D eigenvalue weighted by Gasteiger charge is 2.27. The summed E-state index contributed by atoms with van der Waals surface area (Å²) in [4.78, 5) is 12.7. The first-order chi connectivity index (χ1) is 10.2. The quantitative estimate of drug-likeness (QED) is 0.912. The molecule has 1 aliphatic heterocycles. The molecule has 1 aromatic rings. The van der Waals surface area contributed by atoms with Gasteiger partial charge in [0.2, 0.25) is 5.91 Å². The van der Waals surface area contributed by atoms with Gasteiger partial charge in [-0.25, -0.2) is 8.42 Å². The molecule has 7 heteroatoms. The van der Waals surface area contributed by atoms with Crippen LogP contribution in [0.2, 0.25) is 0 Å². The van der Waals surface area contributed by atoms with E-state index in [4.69, 9.17) is 0 Å². The van der Waals surface area contributed by atoms with Gasteiger partial charge in [-0.2, -0.15) is 4.31 Å². The van der Waals surface area contributed by atoms with Crippen LogP contribution in [0.3, 0.4) is 0 Å². The fraction of sp³-hybridized carbons (Fsp3) is 0.667. The Labute approximate surface area is 136 Å². The van der Waals surface area contributed by atoms with Gasteiger partial charge in [0.1, 0.15) is 4.21 Å². The van der Waals surface area contributed by atoms with Crippen molar-refractivity contribution in [2.75, 3.05) is 13.1 Å². The van der Waals surface area contributed by atoms with Gasteiger partial charge in [0.15, 0.2) is 0 Å². The molecule has 1 fully saturated rings. The third-order valence-corrected chi connectivity index (χ3v) is 6.85. The van der Waals surface area contributed by atoms with Crippen LogP contribution in [0.4, 0.5) is 0 Å². The first-order valence-corrected chi connectivity index (χ1v) is 9.84. The predicted octanol–water partition coefficient (Wildman–Crippen LogP) is 2.38. The van der Waals surface area contributed by atoms with Gasteiger partial charge in [-0.15, -0.1) is 11.3 Å². The highest BCUT2D eigenvalue weighted by Crippen LogP contribution is 2.27. The maximum atomic E-state index is 12.6. The van der Waals surface area contributed by atoms with Gasteiger partial charge in [0, 0.05) is 23.5 Å². The van der Waals surface area contributed by atoms with E-state index in [0.717, 1.165) is 24.1 Å². The van der Waals surface area contributed by atoms with Crippen LogP contribution in [0, 0.1) is 0 Å². The van der Waals surface area contributed by atoms with E-state index in [1.807, 2.05) is 20.8 Å². The summed E-state index contributed by atoms with van der Waals surface area (Å²) in [5, 5.41) is 2.89. The van der Waals surface area contributed by atoms with Crippen LogP contribution < -0.4 is 5.32 Å². The third kappa shape index (κ3) is 4.54. The van der Waals surface area contributed by atoms with Gasteiger partial charge in [0.05, 0.1) is 6.42 Å². The van der Waals surface area contributed by atoms with Crippen molar-refractivity contribution < 1.29 is 13.2 Å². The van der Waals surface area contributed by atoms with Crippen LogP contribution in [0.5, 0.6) is 0 Å². The van der Waals surface area contributed by atoms with Gasteiger partial charge in [-0.05, 0) is 45.7 Å². The zero-order chi connectivity index (χ0) is 16.4. The molecular formula is C15H24N2O3S2. The number of carbonyl (C=O) groups excluding carboxylic acids is 1. The van der Waals surface area contributed by atoms with E-state index in [-0.39, 0.29) is 17.9 Å². The molecule has 0 atom stereocenters. The Hall–Kier alpha value is -0.920. The zero-order valence-corrected chi connectivity index (χ0v) is 15.0. The summed E-state index contributed by atoms with van der Waals surface area (Å²) >= 11 is 1.20. The summed E-state index contributed by atoms with van der Waals surface area (Å²) < 4.78 is 27.0. The Bertz CT molecular complexity index is 623. The molecule has 0 aliphatic carbocycles. The number of nitrogens with one attached hydrogen (secondary N) is 1. The molecule has 0 unspecified atom stereocenters. The number of thiophene rings is 1. The van der Waals surface area contributed by atoms with Crippen LogP contribution in [-0.2, 0) is 21.2 Å². The van der Waals surface area contributed by atoms with Crippen molar-refractivity contribution >= 4 is 27.3 Å². The van der Waals surface area contributed by atoms with Gasteiger partial charge in [0.25, 0.3) is 10.0 Å². The fourth-order valence-corrected chi connectivity index (χ4v) is 5.47. The van der Waals surface area contributed by atoms with Crippen molar-refractivity contribution in [3.8, 4) is 0 Å². The first-order valence-electron chi connectivity index (χ1n) is 7.58. The lowest BCUT2D eigenvalue weighted by Crippen LogP contribution is -2.41. The summed E-state index contributed by atoms with van der Waals surface area (Å²) in [6.45, 7) is 6.96. The topological polar surface area (TPSA) is 66.5 Å². The van der Waals surface area contributed by atoms with Gasteiger partial charge >= 0.3 is 0 Å². The van der Waals surface area contributed by atoms with Gasteiger partial charge in [-0.3, -0.25) is 4.79 Å². The smallest absolute Gasteiger partial charge is 0.252 e. The highest BCUT2D eigenvalue weighted by atomic mass is 32.2. The van der Waals surface area contributed by atoms with Crippen molar-refractivity contribution in [3.05, 3.63) is 17.0 Å². The van der Waals surface area contributed by atoms with Crippen molar-refractivity contribution in [2.45, 2.75) is 56.2 Å². The molecule has 0 saturated carbocycles. The van der Waals surface area contributed by atoms with Crippen LogP contribution >= 0.6 is 11.3 Å². The lowest BCUT2D eigenvalue weighted by Gasteiger charge is -2.25. The Morgan fingerprint density at radius 1 is 1.23 bits per heavy atom. The molecule has 2 heterocycles. The minimum atomic E-state index is -3.39. The van der Waals surface area contributed by atoms with E-state index < -0.39 is 10.0 Å². The lowest BCUT2D eigenvalue weighted by atomic mass is 10.1. The Morgan fingerprint density at radius 2 is 1.86 bits per heavy atom. The number of nitrogens with zero attached hydrogens (tertiary/aromatic N) is 1. The number of hydrogen-bond acceptors (Lipinski definition) is 4. The van der Waals surface area contributed by atoms with Crippen LogP contribution in [0.1, 0.15) is 44.9 Å². The number of amides is 1. The first kappa shape index (κ1) is 17.4. The molecule has 1 aromatic heterocycles. The maximum Gasteiger partial charge on any atom is 0.252 e. The average molecular weight is 345 g/mol.